The van der Waals surface area contributed by atoms with E-state index in [1.54, 1.807) is 6.92 Å². The number of nitrogens with zero attached hydrogens (tertiary/aromatic N) is 5. The molecule has 1 aromatic heterocycles. The first-order valence-electron chi connectivity index (χ1n) is 9.60. The highest BCUT2D eigenvalue weighted by Crippen LogP contribution is 2.24. The highest BCUT2D eigenvalue weighted by Gasteiger charge is 2.35. The van der Waals surface area contributed by atoms with Crippen molar-refractivity contribution in [3.63, 3.8) is 0 Å². The summed E-state index contributed by atoms with van der Waals surface area (Å²) in [6.45, 7) is 12.7. The fraction of sp³-hybridized carbons (Fsp3) is 0.833. The Bertz CT molecular complexity index is 568. The van der Waals surface area contributed by atoms with Crippen molar-refractivity contribution in [2.45, 2.75) is 52.6 Å². The van der Waals surface area contributed by atoms with Gasteiger partial charge in [0.15, 0.2) is 5.82 Å². The number of unbranched alkanes of at least 4 members (excludes halogenated alkanes) is 1. The van der Waals surface area contributed by atoms with Crippen LogP contribution in [-0.4, -0.2) is 76.1 Å². The summed E-state index contributed by atoms with van der Waals surface area (Å²) in [4.78, 5) is 22.9. The first kappa shape index (κ1) is 18.3. The quantitative estimate of drug-likeness (QED) is 0.773. The van der Waals surface area contributed by atoms with Crippen LogP contribution in [0.3, 0.4) is 0 Å². The van der Waals surface area contributed by atoms with E-state index < -0.39 is 0 Å². The van der Waals surface area contributed by atoms with Crippen molar-refractivity contribution < 1.29 is 9.32 Å². The zero-order chi connectivity index (χ0) is 17.8. The standard InChI is InChI=1S/C18H31N5O2/c1-4-5-6-18-19-17(20-25-18)13-21-11-14(2)16(12-21)23-9-7-22(8-10-23)15(3)24/h14,16H,4-13H2,1-3H3/t14-,16+/m1/s1. The first-order chi connectivity index (χ1) is 12.1. The van der Waals surface area contributed by atoms with Crippen LogP contribution in [0.2, 0.25) is 0 Å². The molecule has 0 N–H and O–H groups in total. The summed E-state index contributed by atoms with van der Waals surface area (Å²) in [7, 11) is 0. The molecule has 3 heterocycles. The number of likely N-dealkylation sites (tertiary alicyclic amines) is 1. The number of hydrogen-bond donors (Lipinski definition) is 0. The van der Waals surface area contributed by atoms with E-state index in [1.807, 2.05) is 4.90 Å². The van der Waals surface area contributed by atoms with Crippen molar-refractivity contribution in [1.29, 1.82) is 0 Å². The van der Waals surface area contributed by atoms with Crippen LogP contribution in [0.5, 0.6) is 0 Å². The zero-order valence-electron chi connectivity index (χ0n) is 15.8. The van der Waals surface area contributed by atoms with Gasteiger partial charge in [0.2, 0.25) is 11.8 Å². The second-order valence-electron chi connectivity index (χ2n) is 7.49. The van der Waals surface area contributed by atoms with Gasteiger partial charge in [-0.15, -0.1) is 0 Å². The Morgan fingerprint density at radius 3 is 2.68 bits per heavy atom. The van der Waals surface area contributed by atoms with Crippen molar-refractivity contribution in [2.24, 2.45) is 5.92 Å². The Balaban J connectivity index is 1.50. The molecule has 7 heteroatoms. The van der Waals surface area contributed by atoms with Gasteiger partial charge in [-0.3, -0.25) is 14.6 Å². The van der Waals surface area contributed by atoms with Gasteiger partial charge in [0, 0.05) is 58.7 Å². The molecule has 0 spiro atoms. The minimum atomic E-state index is 0.191. The third kappa shape index (κ3) is 4.58. The molecule has 2 atom stereocenters. The molecule has 1 aromatic rings. The molecule has 0 radical (unpaired) electrons. The summed E-state index contributed by atoms with van der Waals surface area (Å²) < 4.78 is 5.35. The van der Waals surface area contributed by atoms with Crippen LogP contribution in [0.4, 0.5) is 0 Å². The Kier molecular flexibility index (Phi) is 6.06. The molecule has 140 valence electrons. The molecule has 2 fully saturated rings. The predicted molar refractivity (Wildman–Crippen MR) is 95.0 cm³/mol. The molecule has 0 bridgehead atoms. The van der Waals surface area contributed by atoms with Crippen LogP contribution < -0.4 is 0 Å². The summed E-state index contributed by atoms with van der Waals surface area (Å²) in [5.74, 6) is 2.38. The van der Waals surface area contributed by atoms with Crippen LogP contribution in [0.25, 0.3) is 0 Å². The van der Waals surface area contributed by atoms with E-state index in [-0.39, 0.29) is 5.91 Å². The lowest BCUT2D eigenvalue weighted by molar-refractivity contribution is -0.130. The lowest BCUT2D eigenvalue weighted by Gasteiger charge is -2.39. The largest absolute Gasteiger partial charge is 0.340 e. The van der Waals surface area contributed by atoms with Gasteiger partial charge in [-0.2, -0.15) is 4.98 Å². The van der Waals surface area contributed by atoms with Crippen LogP contribution in [0.1, 0.15) is 45.3 Å². The fourth-order valence-electron chi connectivity index (χ4n) is 4.00. The maximum Gasteiger partial charge on any atom is 0.226 e. The predicted octanol–water partition coefficient (Wildman–Crippen LogP) is 1.40. The molecule has 25 heavy (non-hydrogen) atoms. The molecule has 2 aliphatic rings. The summed E-state index contributed by atoms with van der Waals surface area (Å²) in [5, 5.41) is 4.14. The number of carbonyl (C=O) groups is 1. The lowest BCUT2D eigenvalue weighted by Crippen LogP contribution is -2.53. The molecule has 0 unspecified atom stereocenters. The van der Waals surface area contributed by atoms with E-state index in [0.29, 0.717) is 12.0 Å². The number of aryl methyl sites for hydroxylation is 1. The molecule has 3 rings (SSSR count). The van der Waals surface area contributed by atoms with Gasteiger partial charge in [0.25, 0.3) is 0 Å². The number of hydrogen-bond acceptors (Lipinski definition) is 6. The number of piperazine rings is 1. The van der Waals surface area contributed by atoms with Gasteiger partial charge in [-0.1, -0.05) is 25.4 Å². The average molecular weight is 349 g/mol. The minimum absolute atomic E-state index is 0.191. The van der Waals surface area contributed by atoms with Gasteiger partial charge in [-0.05, 0) is 12.3 Å². The summed E-state index contributed by atoms with van der Waals surface area (Å²) in [5.41, 5.74) is 0. The van der Waals surface area contributed by atoms with Gasteiger partial charge >= 0.3 is 0 Å². The Morgan fingerprint density at radius 1 is 1.24 bits per heavy atom. The summed E-state index contributed by atoms with van der Waals surface area (Å²) in [6.07, 6.45) is 3.11. The smallest absolute Gasteiger partial charge is 0.226 e. The zero-order valence-corrected chi connectivity index (χ0v) is 15.8. The number of amides is 1. The Hall–Kier alpha value is -1.47. The van der Waals surface area contributed by atoms with Gasteiger partial charge in [0.1, 0.15) is 0 Å². The van der Waals surface area contributed by atoms with Crippen molar-refractivity contribution in [3.05, 3.63) is 11.7 Å². The molecular weight excluding hydrogens is 318 g/mol. The summed E-state index contributed by atoms with van der Waals surface area (Å²) in [6, 6.07) is 0.556. The van der Waals surface area contributed by atoms with Crippen molar-refractivity contribution in [2.75, 3.05) is 39.3 Å². The molecule has 1 amide bonds. The monoisotopic (exact) mass is 349 g/mol. The average Bonchev–Trinajstić information content (AvgIpc) is 3.19. The van der Waals surface area contributed by atoms with Crippen molar-refractivity contribution in [3.8, 4) is 0 Å². The number of carbonyl (C=O) groups excluding carboxylic acids is 1. The molecule has 7 nitrogen and oxygen atoms in total. The van der Waals surface area contributed by atoms with Crippen molar-refractivity contribution >= 4 is 5.91 Å². The Morgan fingerprint density at radius 2 is 2.00 bits per heavy atom. The van der Waals surface area contributed by atoms with Gasteiger partial charge in [-0.25, -0.2) is 0 Å². The third-order valence-corrected chi connectivity index (χ3v) is 5.50. The van der Waals surface area contributed by atoms with Crippen LogP contribution in [-0.2, 0) is 17.8 Å². The Labute approximate surface area is 150 Å². The second-order valence-corrected chi connectivity index (χ2v) is 7.49. The molecule has 0 saturated carbocycles. The SMILES string of the molecule is CCCCc1nc(CN2C[C@@H](C)[C@@H](N3CCN(C(C)=O)CC3)C2)no1. The molecular formula is C18H31N5O2. The van der Waals surface area contributed by atoms with E-state index in [9.17, 15) is 4.79 Å². The van der Waals surface area contributed by atoms with Crippen LogP contribution in [0.15, 0.2) is 4.52 Å². The molecule has 0 aliphatic carbocycles. The summed E-state index contributed by atoms with van der Waals surface area (Å²) >= 11 is 0. The van der Waals surface area contributed by atoms with Gasteiger partial charge < -0.3 is 9.42 Å². The molecule has 2 aliphatic heterocycles. The fourth-order valence-corrected chi connectivity index (χ4v) is 4.00. The topological polar surface area (TPSA) is 65.7 Å². The van der Waals surface area contributed by atoms with E-state index in [0.717, 1.165) is 76.8 Å². The van der Waals surface area contributed by atoms with E-state index in [4.69, 9.17) is 4.52 Å². The van der Waals surface area contributed by atoms with E-state index in [1.165, 1.54) is 0 Å². The molecule has 2 saturated heterocycles. The first-order valence-corrected chi connectivity index (χ1v) is 9.60. The highest BCUT2D eigenvalue weighted by molar-refractivity contribution is 5.73. The van der Waals surface area contributed by atoms with E-state index in [2.05, 4.69) is 33.8 Å². The maximum atomic E-state index is 11.5. The third-order valence-electron chi connectivity index (χ3n) is 5.50. The maximum absolute atomic E-state index is 11.5. The number of aromatic nitrogens is 2. The van der Waals surface area contributed by atoms with Crippen LogP contribution in [0, 0.1) is 5.92 Å². The van der Waals surface area contributed by atoms with Crippen LogP contribution >= 0.6 is 0 Å². The highest BCUT2D eigenvalue weighted by atomic mass is 16.5. The van der Waals surface area contributed by atoms with Crippen molar-refractivity contribution in [1.82, 2.24) is 24.8 Å². The molecule has 0 aromatic carbocycles. The lowest BCUT2D eigenvalue weighted by atomic mass is 10.0. The van der Waals surface area contributed by atoms with Gasteiger partial charge in [0.05, 0.1) is 6.54 Å². The number of rotatable bonds is 6. The minimum Gasteiger partial charge on any atom is -0.340 e. The normalized spacial score (nSPS) is 25.6. The van der Waals surface area contributed by atoms with E-state index >= 15 is 0 Å². The second kappa shape index (κ2) is 8.27.